The van der Waals surface area contributed by atoms with Gasteiger partial charge in [0.25, 0.3) is 0 Å². The van der Waals surface area contributed by atoms with Crippen molar-refractivity contribution in [3.63, 3.8) is 0 Å². The van der Waals surface area contributed by atoms with Crippen molar-refractivity contribution < 1.29 is 0 Å². The molecule has 1 aromatic carbocycles. The zero-order valence-corrected chi connectivity index (χ0v) is 9.15. The quantitative estimate of drug-likeness (QED) is 0.844. The lowest BCUT2D eigenvalue weighted by molar-refractivity contribution is 0.716. The second-order valence-corrected chi connectivity index (χ2v) is 3.88. The molecule has 0 bridgehead atoms. The average Bonchev–Trinajstić information content (AvgIpc) is 2.65. The van der Waals surface area contributed by atoms with Crippen LogP contribution in [0, 0.1) is 0 Å². The van der Waals surface area contributed by atoms with Crippen LogP contribution in [0.3, 0.4) is 0 Å². The van der Waals surface area contributed by atoms with Crippen molar-refractivity contribution in [1.82, 2.24) is 9.78 Å². The van der Waals surface area contributed by atoms with Gasteiger partial charge in [-0.25, -0.2) is 0 Å². The highest BCUT2D eigenvalue weighted by Crippen LogP contribution is 2.19. The topological polar surface area (TPSA) is 43.8 Å². The molecule has 15 heavy (non-hydrogen) atoms. The molecule has 2 aromatic rings. The summed E-state index contributed by atoms with van der Waals surface area (Å²) in [5.74, 6) is 0. The van der Waals surface area contributed by atoms with Gasteiger partial charge in [0.05, 0.1) is 11.7 Å². The minimum absolute atomic E-state index is 0.191. The Hall–Kier alpha value is -1.32. The first-order valence-electron chi connectivity index (χ1n) is 4.67. The lowest BCUT2D eigenvalue weighted by Gasteiger charge is -2.08. The van der Waals surface area contributed by atoms with Crippen molar-refractivity contribution in [3.8, 4) is 0 Å². The molecule has 0 radical (unpaired) electrons. The van der Waals surface area contributed by atoms with Gasteiger partial charge in [0.1, 0.15) is 0 Å². The number of benzene rings is 1. The largest absolute Gasteiger partial charge is 0.319 e. The van der Waals surface area contributed by atoms with Gasteiger partial charge in [-0.15, -0.1) is 0 Å². The van der Waals surface area contributed by atoms with E-state index < -0.39 is 0 Å². The summed E-state index contributed by atoms with van der Waals surface area (Å²) in [4.78, 5) is 0. The molecule has 0 amide bonds. The Kier molecular flexibility index (Phi) is 2.75. The molecule has 0 fully saturated rings. The second-order valence-electron chi connectivity index (χ2n) is 3.44. The Labute approximate surface area is 93.5 Å². The van der Waals surface area contributed by atoms with Gasteiger partial charge in [-0.3, -0.25) is 4.68 Å². The fourth-order valence-corrected chi connectivity index (χ4v) is 1.57. The third-order valence-electron chi connectivity index (χ3n) is 2.28. The van der Waals surface area contributed by atoms with E-state index in [2.05, 4.69) is 5.10 Å². The minimum atomic E-state index is -0.191. The number of hydrogen-bond acceptors (Lipinski definition) is 2. The lowest BCUT2D eigenvalue weighted by Crippen LogP contribution is -2.12. The molecule has 2 rings (SSSR count). The van der Waals surface area contributed by atoms with Gasteiger partial charge in [0.15, 0.2) is 0 Å². The molecule has 0 saturated heterocycles. The van der Waals surface area contributed by atoms with Gasteiger partial charge < -0.3 is 5.73 Å². The van der Waals surface area contributed by atoms with E-state index in [0.717, 1.165) is 11.3 Å². The number of aryl methyl sites for hydroxylation is 1. The van der Waals surface area contributed by atoms with E-state index in [9.17, 15) is 0 Å². The van der Waals surface area contributed by atoms with Crippen molar-refractivity contribution in [3.05, 3.63) is 52.8 Å². The van der Waals surface area contributed by atoms with E-state index in [-0.39, 0.29) is 6.04 Å². The molecule has 0 aliphatic rings. The van der Waals surface area contributed by atoms with Crippen molar-refractivity contribution in [2.75, 3.05) is 0 Å². The highest BCUT2D eigenvalue weighted by atomic mass is 35.5. The van der Waals surface area contributed by atoms with Crippen LogP contribution >= 0.6 is 11.6 Å². The number of nitrogens with zero attached hydrogens (tertiary/aromatic N) is 2. The first kappa shape index (κ1) is 10.2. The molecule has 1 unspecified atom stereocenters. The van der Waals surface area contributed by atoms with E-state index >= 15 is 0 Å². The fourth-order valence-electron chi connectivity index (χ4n) is 1.44. The molecular weight excluding hydrogens is 210 g/mol. The van der Waals surface area contributed by atoms with E-state index in [1.54, 1.807) is 4.68 Å². The molecule has 0 aliphatic carbocycles. The van der Waals surface area contributed by atoms with Crippen LogP contribution in [0.2, 0.25) is 5.02 Å². The maximum atomic E-state index is 6.06. The second kappa shape index (κ2) is 4.04. The van der Waals surface area contributed by atoms with Gasteiger partial charge >= 0.3 is 0 Å². The van der Waals surface area contributed by atoms with E-state index in [1.807, 2.05) is 43.6 Å². The summed E-state index contributed by atoms with van der Waals surface area (Å²) in [7, 11) is 1.87. The van der Waals surface area contributed by atoms with Crippen molar-refractivity contribution in [2.24, 2.45) is 12.8 Å². The third kappa shape index (κ3) is 2.19. The van der Waals surface area contributed by atoms with Crippen LogP contribution in [0.4, 0.5) is 0 Å². The summed E-state index contributed by atoms with van der Waals surface area (Å²) in [6, 6.07) is 9.23. The Morgan fingerprint density at radius 2 is 1.93 bits per heavy atom. The molecule has 0 spiro atoms. The van der Waals surface area contributed by atoms with Gasteiger partial charge in [0.2, 0.25) is 0 Å². The smallest absolute Gasteiger partial charge is 0.0837 e. The Balaban J connectivity index is 2.28. The average molecular weight is 222 g/mol. The summed E-state index contributed by atoms with van der Waals surface area (Å²) in [6.45, 7) is 0. The van der Waals surface area contributed by atoms with Crippen LogP contribution in [0.5, 0.6) is 0 Å². The minimum Gasteiger partial charge on any atom is -0.319 e. The SMILES string of the molecule is Cn1ccc(C(N)c2ccc(Cl)cc2)n1. The van der Waals surface area contributed by atoms with Crippen molar-refractivity contribution >= 4 is 11.6 Å². The number of halogens is 1. The van der Waals surface area contributed by atoms with Gasteiger partial charge in [-0.05, 0) is 23.8 Å². The summed E-state index contributed by atoms with van der Waals surface area (Å²) in [5, 5.41) is 4.98. The standard InChI is InChI=1S/C11H12ClN3/c1-15-7-6-10(14-15)11(13)8-2-4-9(12)5-3-8/h2-7,11H,13H2,1H3. The third-order valence-corrected chi connectivity index (χ3v) is 2.53. The number of rotatable bonds is 2. The first-order chi connectivity index (χ1) is 7.16. The van der Waals surface area contributed by atoms with E-state index in [4.69, 9.17) is 17.3 Å². The molecule has 3 nitrogen and oxygen atoms in total. The molecular formula is C11H12ClN3. The van der Waals surface area contributed by atoms with E-state index in [1.165, 1.54) is 0 Å². The number of hydrogen-bond donors (Lipinski definition) is 1. The maximum absolute atomic E-state index is 6.06. The van der Waals surface area contributed by atoms with Gasteiger partial charge in [-0.2, -0.15) is 5.10 Å². The first-order valence-corrected chi connectivity index (χ1v) is 5.05. The van der Waals surface area contributed by atoms with Crippen LogP contribution in [-0.2, 0) is 7.05 Å². The Bertz CT molecular complexity index is 447. The summed E-state index contributed by atoms with van der Waals surface area (Å²) < 4.78 is 1.74. The van der Waals surface area contributed by atoms with Crippen molar-refractivity contribution in [1.29, 1.82) is 0 Å². The molecule has 1 atom stereocenters. The molecule has 1 aromatic heterocycles. The van der Waals surface area contributed by atoms with E-state index in [0.29, 0.717) is 5.02 Å². The summed E-state index contributed by atoms with van der Waals surface area (Å²) in [5.41, 5.74) is 7.93. The molecule has 2 N–H and O–H groups in total. The molecule has 78 valence electrons. The highest BCUT2D eigenvalue weighted by molar-refractivity contribution is 6.30. The van der Waals surface area contributed by atoms with Crippen LogP contribution in [0.25, 0.3) is 0 Å². The number of aromatic nitrogens is 2. The predicted molar refractivity (Wildman–Crippen MR) is 60.7 cm³/mol. The maximum Gasteiger partial charge on any atom is 0.0837 e. The highest BCUT2D eigenvalue weighted by Gasteiger charge is 2.10. The van der Waals surface area contributed by atoms with Crippen molar-refractivity contribution in [2.45, 2.75) is 6.04 Å². The van der Waals surface area contributed by atoms with Gasteiger partial charge in [-0.1, -0.05) is 23.7 Å². The summed E-state index contributed by atoms with van der Waals surface area (Å²) >= 11 is 5.81. The lowest BCUT2D eigenvalue weighted by atomic mass is 10.1. The fraction of sp³-hybridized carbons (Fsp3) is 0.182. The van der Waals surface area contributed by atoms with Gasteiger partial charge in [0, 0.05) is 18.3 Å². The van der Waals surface area contributed by atoms with Crippen LogP contribution in [-0.4, -0.2) is 9.78 Å². The monoisotopic (exact) mass is 221 g/mol. The van der Waals surface area contributed by atoms with Crippen LogP contribution < -0.4 is 5.73 Å². The Morgan fingerprint density at radius 1 is 1.27 bits per heavy atom. The molecule has 1 heterocycles. The molecule has 4 heteroatoms. The number of nitrogens with two attached hydrogens (primary N) is 1. The summed E-state index contributed by atoms with van der Waals surface area (Å²) in [6.07, 6.45) is 1.88. The van der Waals surface area contributed by atoms with Crippen LogP contribution in [0.1, 0.15) is 17.3 Å². The molecule has 0 aliphatic heterocycles. The van der Waals surface area contributed by atoms with Crippen LogP contribution in [0.15, 0.2) is 36.5 Å². The Morgan fingerprint density at radius 3 is 2.47 bits per heavy atom. The zero-order chi connectivity index (χ0) is 10.8. The molecule has 0 saturated carbocycles. The predicted octanol–water partition coefficient (Wildman–Crippen LogP) is 2.12. The normalized spacial score (nSPS) is 12.7. The zero-order valence-electron chi connectivity index (χ0n) is 8.39.